The topological polar surface area (TPSA) is 63.4 Å². The molecule has 114 valence electrons. The van der Waals surface area contributed by atoms with Gasteiger partial charge in [0.15, 0.2) is 0 Å². The second-order valence-electron chi connectivity index (χ2n) is 6.18. The van der Waals surface area contributed by atoms with Crippen LogP contribution in [-0.4, -0.2) is 38.1 Å². The molecule has 0 atom stereocenters. The number of hydrogen-bond donors (Lipinski definition) is 1. The molecule has 0 bridgehead atoms. The highest BCUT2D eigenvalue weighted by Gasteiger charge is 2.27. The zero-order valence-corrected chi connectivity index (χ0v) is 13.3. The van der Waals surface area contributed by atoms with E-state index in [0.717, 1.165) is 19.3 Å². The fourth-order valence-electron chi connectivity index (χ4n) is 2.78. The van der Waals surface area contributed by atoms with Crippen LogP contribution in [-0.2, 0) is 10.0 Å². The molecule has 0 radical (unpaired) electrons. The van der Waals surface area contributed by atoms with E-state index >= 15 is 0 Å². The molecule has 2 N–H and O–H groups in total. The van der Waals surface area contributed by atoms with Crippen LogP contribution in [0.3, 0.4) is 0 Å². The summed E-state index contributed by atoms with van der Waals surface area (Å²) in [6, 6.07) is 0. The average molecular weight is 290 g/mol. The van der Waals surface area contributed by atoms with E-state index in [1.807, 2.05) is 0 Å². The van der Waals surface area contributed by atoms with Gasteiger partial charge in [0.1, 0.15) is 0 Å². The molecule has 1 saturated carbocycles. The van der Waals surface area contributed by atoms with Crippen LogP contribution < -0.4 is 5.73 Å². The smallest absolute Gasteiger partial charge is 0.214 e. The van der Waals surface area contributed by atoms with Crippen molar-refractivity contribution in [1.82, 2.24) is 4.31 Å². The minimum Gasteiger partial charge on any atom is -0.330 e. The van der Waals surface area contributed by atoms with E-state index in [1.54, 1.807) is 4.31 Å². The Bertz CT molecular complexity index is 335. The van der Waals surface area contributed by atoms with Gasteiger partial charge in [-0.2, -0.15) is 0 Å². The first-order valence-corrected chi connectivity index (χ1v) is 9.24. The monoisotopic (exact) mass is 290 g/mol. The van der Waals surface area contributed by atoms with Gasteiger partial charge >= 0.3 is 0 Å². The van der Waals surface area contributed by atoms with Crippen molar-refractivity contribution in [3.63, 3.8) is 0 Å². The van der Waals surface area contributed by atoms with Crippen LogP contribution in [0, 0.1) is 11.8 Å². The zero-order chi connectivity index (χ0) is 14.3. The molecular formula is C14H30N2O2S. The number of hydrogen-bond acceptors (Lipinski definition) is 3. The highest BCUT2D eigenvalue weighted by Crippen LogP contribution is 2.26. The SMILES string of the molecule is CC(C)CN(CCCN)S(=O)(=O)CC1CCCCC1. The third-order valence-electron chi connectivity index (χ3n) is 3.74. The molecular weight excluding hydrogens is 260 g/mol. The third-order valence-corrected chi connectivity index (χ3v) is 5.76. The lowest BCUT2D eigenvalue weighted by Gasteiger charge is -2.28. The molecule has 1 aliphatic carbocycles. The Kier molecular flexibility index (Phi) is 7.32. The van der Waals surface area contributed by atoms with Crippen molar-refractivity contribution in [2.75, 3.05) is 25.4 Å². The molecule has 0 spiro atoms. The molecule has 0 heterocycles. The molecule has 4 nitrogen and oxygen atoms in total. The lowest BCUT2D eigenvalue weighted by atomic mass is 9.91. The molecule has 1 rings (SSSR count). The van der Waals surface area contributed by atoms with Gasteiger partial charge in [0.05, 0.1) is 5.75 Å². The summed E-state index contributed by atoms with van der Waals surface area (Å²) in [5.41, 5.74) is 5.51. The largest absolute Gasteiger partial charge is 0.330 e. The van der Waals surface area contributed by atoms with Crippen LogP contribution in [0.4, 0.5) is 0 Å². The van der Waals surface area contributed by atoms with Crippen molar-refractivity contribution in [1.29, 1.82) is 0 Å². The summed E-state index contributed by atoms with van der Waals surface area (Å²) < 4.78 is 26.7. The zero-order valence-electron chi connectivity index (χ0n) is 12.5. The second-order valence-corrected chi connectivity index (χ2v) is 8.19. The van der Waals surface area contributed by atoms with E-state index < -0.39 is 10.0 Å². The van der Waals surface area contributed by atoms with Crippen LogP contribution in [0.25, 0.3) is 0 Å². The Morgan fingerprint density at radius 3 is 2.37 bits per heavy atom. The van der Waals surface area contributed by atoms with E-state index in [9.17, 15) is 8.42 Å². The highest BCUT2D eigenvalue weighted by molar-refractivity contribution is 7.89. The van der Waals surface area contributed by atoms with Gasteiger partial charge in [0.2, 0.25) is 10.0 Å². The Hall–Kier alpha value is -0.130. The molecule has 5 heteroatoms. The molecule has 0 aromatic rings. The third kappa shape index (κ3) is 6.23. The Morgan fingerprint density at radius 2 is 1.84 bits per heavy atom. The standard InChI is InChI=1S/C14H30N2O2S/c1-13(2)11-16(10-6-9-15)19(17,18)12-14-7-4-3-5-8-14/h13-14H,3-12,15H2,1-2H3. The summed E-state index contributed by atoms with van der Waals surface area (Å²) in [6.45, 7) is 5.86. The Balaban J connectivity index is 2.61. The van der Waals surface area contributed by atoms with Crippen LogP contribution in [0.1, 0.15) is 52.4 Å². The van der Waals surface area contributed by atoms with Gasteiger partial charge in [0.25, 0.3) is 0 Å². The van der Waals surface area contributed by atoms with Crippen LogP contribution in [0.5, 0.6) is 0 Å². The maximum absolute atomic E-state index is 12.5. The number of nitrogens with zero attached hydrogens (tertiary/aromatic N) is 1. The lowest BCUT2D eigenvalue weighted by molar-refractivity contribution is 0.345. The molecule has 0 aromatic carbocycles. The summed E-state index contributed by atoms with van der Waals surface area (Å²) in [7, 11) is -3.11. The number of sulfonamides is 1. The van der Waals surface area contributed by atoms with Gasteiger partial charge in [-0.25, -0.2) is 12.7 Å². The predicted molar refractivity (Wildman–Crippen MR) is 80.4 cm³/mol. The highest BCUT2D eigenvalue weighted by atomic mass is 32.2. The summed E-state index contributed by atoms with van der Waals surface area (Å²) in [5, 5.41) is 0. The minimum atomic E-state index is -3.11. The predicted octanol–water partition coefficient (Wildman–Crippen LogP) is 2.20. The van der Waals surface area contributed by atoms with Gasteiger partial charge in [-0.15, -0.1) is 0 Å². The minimum absolute atomic E-state index is 0.338. The van der Waals surface area contributed by atoms with Gasteiger partial charge in [-0.1, -0.05) is 33.1 Å². The van der Waals surface area contributed by atoms with E-state index in [-0.39, 0.29) is 0 Å². The molecule has 0 aliphatic heterocycles. The van der Waals surface area contributed by atoms with E-state index in [0.29, 0.717) is 37.2 Å². The number of nitrogens with two attached hydrogens (primary N) is 1. The Morgan fingerprint density at radius 1 is 1.21 bits per heavy atom. The van der Waals surface area contributed by atoms with E-state index in [2.05, 4.69) is 13.8 Å². The van der Waals surface area contributed by atoms with Crippen LogP contribution in [0.2, 0.25) is 0 Å². The molecule has 0 unspecified atom stereocenters. The molecule has 0 amide bonds. The average Bonchev–Trinajstić information content (AvgIpc) is 2.34. The fourth-order valence-corrected chi connectivity index (χ4v) is 4.85. The van der Waals surface area contributed by atoms with Crippen molar-refractivity contribution < 1.29 is 8.42 Å². The normalized spacial score (nSPS) is 18.4. The maximum atomic E-state index is 12.5. The van der Waals surface area contributed by atoms with Crippen LogP contribution in [0.15, 0.2) is 0 Å². The molecule has 19 heavy (non-hydrogen) atoms. The van der Waals surface area contributed by atoms with E-state index in [4.69, 9.17) is 5.73 Å². The van der Waals surface area contributed by atoms with Gasteiger partial charge in [0, 0.05) is 13.1 Å². The van der Waals surface area contributed by atoms with E-state index in [1.165, 1.54) is 19.3 Å². The van der Waals surface area contributed by atoms with Gasteiger partial charge in [-0.3, -0.25) is 0 Å². The summed E-state index contributed by atoms with van der Waals surface area (Å²) in [5.74, 6) is 1.06. The second kappa shape index (κ2) is 8.22. The lowest BCUT2D eigenvalue weighted by Crippen LogP contribution is -2.39. The summed E-state index contributed by atoms with van der Waals surface area (Å²) in [6.07, 6.45) is 6.54. The molecule has 0 saturated heterocycles. The van der Waals surface area contributed by atoms with Crippen molar-refractivity contribution >= 4 is 10.0 Å². The first-order chi connectivity index (χ1) is 8.95. The first-order valence-electron chi connectivity index (χ1n) is 7.63. The quantitative estimate of drug-likeness (QED) is 0.745. The molecule has 0 aromatic heterocycles. The van der Waals surface area contributed by atoms with Crippen molar-refractivity contribution in [2.45, 2.75) is 52.4 Å². The van der Waals surface area contributed by atoms with Crippen molar-refractivity contribution in [3.8, 4) is 0 Å². The van der Waals surface area contributed by atoms with Crippen LogP contribution >= 0.6 is 0 Å². The first kappa shape index (κ1) is 16.9. The maximum Gasteiger partial charge on any atom is 0.214 e. The molecule has 1 fully saturated rings. The fraction of sp³-hybridized carbons (Fsp3) is 1.00. The van der Waals surface area contributed by atoms with Gasteiger partial charge < -0.3 is 5.73 Å². The molecule has 1 aliphatic rings. The summed E-state index contributed by atoms with van der Waals surface area (Å²) in [4.78, 5) is 0. The number of rotatable bonds is 8. The van der Waals surface area contributed by atoms with Gasteiger partial charge in [-0.05, 0) is 37.6 Å². The van der Waals surface area contributed by atoms with Crippen molar-refractivity contribution in [2.24, 2.45) is 17.6 Å². The van der Waals surface area contributed by atoms with Crippen molar-refractivity contribution in [3.05, 3.63) is 0 Å². The Labute approximate surface area is 118 Å². The summed E-state index contributed by atoms with van der Waals surface area (Å²) >= 11 is 0.